The number of H-pyrrole nitrogens is 1. The number of nitrogens with zero attached hydrogens (tertiary/aromatic N) is 2. The molecule has 142 valence electrons. The Labute approximate surface area is 170 Å². The van der Waals surface area contributed by atoms with Crippen LogP contribution < -0.4 is 0 Å². The number of nitriles is 1. The highest BCUT2D eigenvalue weighted by molar-refractivity contribution is 6.33. The van der Waals surface area contributed by atoms with Crippen LogP contribution in [-0.4, -0.2) is 21.0 Å². The number of halogens is 1. The van der Waals surface area contributed by atoms with Crippen molar-refractivity contribution in [3.8, 4) is 17.4 Å². The lowest BCUT2D eigenvalue weighted by molar-refractivity contribution is 0.0697. The van der Waals surface area contributed by atoms with Crippen molar-refractivity contribution in [2.24, 2.45) is 0 Å². The Morgan fingerprint density at radius 1 is 1.24 bits per heavy atom. The molecule has 7 heteroatoms. The second-order valence-corrected chi connectivity index (χ2v) is 6.88. The normalized spacial score (nSPS) is 11.6. The van der Waals surface area contributed by atoms with Gasteiger partial charge in [0, 0.05) is 11.6 Å². The van der Waals surface area contributed by atoms with Gasteiger partial charge in [0.05, 0.1) is 27.2 Å². The number of hydrogen-bond acceptors (Lipinski definition) is 4. The first kappa shape index (κ1) is 18.5. The summed E-state index contributed by atoms with van der Waals surface area (Å²) in [6.07, 6.45) is 1.59. The number of hydrogen-bond donors (Lipinski definition) is 2. The molecular formula is C22H14ClN3O3. The highest BCUT2D eigenvalue weighted by Gasteiger charge is 2.13. The van der Waals surface area contributed by atoms with Gasteiger partial charge >= 0.3 is 5.97 Å². The van der Waals surface area contributed by atoms with Gasteiger partial charge in [0.15, 0.2) is 0 Å². The van der Waals surface area contributed by atoms with Crippen molar-refractivity contribution in [2.75, 3.05) is 0 Å². The first-order valence-electron chi connectivity index (χ1n) is 8.66. The summed E-state index contributed by atoms with van der Waals surface area (Å²) in [7, 11) is 0. The number of allylic oxidation sites excluding steroid dienone is 1. The van der Waals surface area contributed by atoms with Gasteiger partial charge in [-0.15, -0.1) is 0 Å². The van der Waals surface area contributed by atoms with E-state index in [0.29, 0.717) is 28.5 Å². The smallest absolute Gasteiger partial charge is 0.337 e. The lowest BCUT2D eigenvalue weighted by Gasteiger charge is -2.02. The molecule has 0 saturated heterocycles. The first-order chi connectivity index (χ1) is 13.9. The number of rotatable bonds is 4. The molecule has 29 heavy (non-hydrogen) atoms. The Kier molecular flexibility index (Phi) is 4.67. The predicted octanol–water partition coefficient (Wildman–Crippen LogP) is 5.55. The third kappa shape index (κ3) is 3.64. The van der Waals surface area contributed by atoms with Gasteiger partial charge in [0.2, 0.25) is 0 Å². The first-order valence-corrected chi connectivity index (χ1v) is 9.04. The molecule has 0 aliphatic carbocycles. The lowest BCUT2D eigenvalue weighted by Crippen LogP contribution is -1.97. The highest BCUT2D eigenvalue weighted by atomic mass is 35.5. The van der Waals surface area contributed by atoms with Gasteiger partial charge in [-0.25, -0.2) is 9.78 Å². The number of carboxylic acids is 1. The zero-order valence-electron chi connectivity index (χ0n) is 15.2. The number of imidazole rings is 1. The number of aryl methyl sites for hydroxylation is 1. The second kappa shape index (κ2) is 7.30. The number of furan rings is 1. The van der Waals surface area contributed by atoms with Crippen LogP contribution in [0.3, 0.4) is 0 Å². The molecule has 0 atom stereocenters. The fourth-order valence-electron chi connectivity index (χ4n) is 2.97. The number of aromatic nitrogens is 2. The van der Waals surface area contributed by atoms with Gasteiger partial charge in [-0.3, -0.25) is 0 Å². The number of benzene rings is 2. The monoisotopic (exact) mass is 403 g/mol. The van der Waals surface area contributed by atoms with Crippen molar-refractivity contribution >= 4 is 40.3 Å². The second-order valence-electron chi connectivity index (χ2n) is 6.48. The minimum atomic E-state index is -1.12. The molecule has 4 aromatic rings. The number of fused-ring (bicyclic) bond motifs is 1. The maximum Gasteiger partial charge on any atom is 0.337 e. The summed E-state index contributed by atoms with van der Waals surface area (Å²) in [5.74, 6) is 0.245. The average molecular weight is 404 g/mol. The summed E-state index contributed by atoms with van der Waals surface area (Å²) < 4.78 is 5.79. The molecule has 0 unspecified atom stereocenters. The number of carboxylic acid groups (broad SMARTS) is 1. The Balaban J connectivity index is 1.69. The van der Waals surface area contributed by atoms with E-state index in [-0.39, 0.29) is 10.6 Å². The molecule has 2 N–H and O–H groups in total. The minimum absolute atomic E-state index is 0.00654. The van der Waals surface area contributed by atoms with Crippen LogP contribution in [0.2, 0.25) is 5.02 Å². The zero-order valence-corrected chi connectivity index (χ0v) is 16.0. The Morgan fingerprint density at radius 2 is 2.07 bits per heavy atom. The Bertz CT molecular complexity index is 1320. The van der Waals surface area contributed by atoms with Gasteiger partial charge in [-0.2, -0.15) is 5.26 Å². The van der Waals surface area contributed by atoms with Crippen molar-refractivity contribution in [3.63, 3.8) is 0 Å². The molecule has 0 fully saturated rings. The molecule has 0 aliphatic heterocycles. The Hall–Kier alpha value is -3.82. The van der Waals surface area contributed by atoms with Crippen LogP contribution >= 0.6 is 11.6 Å². The molecule has 2 aromatic carbocycles. The standard InChI is InChI=1S/C22H14ClN3O3/c1-12-2-6-18-19(8-12)26-21(25-18)14(11-24)9-15-4-7-20(29-15)13-3-5-17(23)16(10-13)22(27)28/h2-10H,1H3,(H,25,26)(H,27,28)/b14-9+. The summed E-state index contributed by atoms with van der Waals surface area (Å²) in [5, 5.41) is 19.0. The van der Waals surface area contributed by atoms with E-state index < -0.39 is 5.97 Å². The van der Waals surface area contributed by atoms with E-state index in [4.69, 9.17) is 16.0 Å². The molecule has 2 heterocycles. The van der Waals surface area contributed by atoms with Gasteiger partial charge in [-0.1, -0.05) is 17.7 Å². The van der Waals surface area contributed by atoms with Gasteiger partial charge in [-0.05, 0) is 55.0 Å². The van der Waals surface area contributed by atoms with Crippen molar-refractivity contribution in [1.29, 1.82) is 5.26 Å². The number of nitrogens with one attached hydrogen (secondary N) is 1. The van der Waals surface area contributed by atoms with Crippen LogP contribution in [-0.2, 0) is 0 Å². The SMILES string of the molecule is Cc1ccc2nc(/C(C#N)=C/c3ccc(-c4ccc(Cl)c(C(=O)O)c4)o3)[nH]c2c1. The van der Waals surface area contributed by atoms with E-state index in [9.17, 15) is 15.2 Å². The molecule has 0 aliphatic rings. The van der Waals surface area contributed by atoms with Gasteiger partial charge in [0.1, 0.15) is 23.4 Å². The maximum atomic E-state index is 11.3. The molecule has 0 saturated carbocycles. The van der Waals surface area contributed by atoms with Crippen LogP contribution in [0.5, 0.6) is 0 Å². The predicted molar refractivity (Wildman–Crippen MR) is 110 cm³/mol. The molecular weight excluding hydrogens is 390 g/mol. The third-order valence-corrected chi connectivity index (χ3v) is 4.74. The zero-order chi connectivity index (χ0) is 20.5. The summed E-state index contributed by atoms with van der Waals surface area (Å²) >= 11 is 5.92. The molecule has 0 radical (unpaired) electrons. The van der Waals surface area contributed by atoms with E-state index in [0.717, 1.165) is 16.6 Å². The summed E-state index contributed by atoms with van der Waals surface area (Å²) in [5.41, 5.74) is 3.60. The molecule has 0 amide bonds. The largest absolute Gasteiger partial charge is 0.478 e. The fraction of sp³-hybridized carbons (Fsp3) is 0.0455. The van der Waals surface area contributed by atoms with E-state index in [1.54, 1.807) is 24.3 Å². The quantitative estimate of drug-likeness (QED) is 0.435. The summed E-state index contributed by atoms with van der Waals surface area (Å²) in [6, 6.07) is 16.0. The van der Waals surface area contributed by atoms with Crippen molar-refractivity contribution in [1.82, 2.24) is 9.97 Å². The highest BCUT2D eigenvalue weighted by Crippen LogP contribution is 2.28. The number of carbonyl (C=O) groups is 1. The van der Waals surface area contributed by atoms with Crippen LogP contribution in [0.25, 0.3) is 34.0 Å². The molecule has 0 spiro atoms. The van der Waals surface area contributed by atoms with Crippen molar-refractivity contribution in [2.45, 2.75) is 6.92 Å². The lowest BCUT2D eigenvalue weighted by atomic mass is 10.1. The molecule has 6 nitrogen and oxygen atoms in total. The third-order valence-electron chi connectivity index (χ3n) is 4.41. The molecule has 0 bridgehead atoms. The van der Waals surface area contributed by atoms with Gasteiger partial charge in [0.25, 0.3) is 0 Å². The van der Waals surface area contributed by atoms with Gasteiger partial charge < -0.3 is 14.5 Å². The minimum Gasteiger partial charge on any atom is -0.478 e. The topological polar surface area (TPSA) is 103 Å². The van der Waals surface area contributed by atoms with Crippen LogP contribution in [0.1, 0.15) is 27.5 Å². The summed E-state index contributed by atoms with van der Waals surface area (Å²) in [4.78, 5) is 18.9. The molecule has 4 rings (SSSR count). The number of aromatic carboxylic acids is 1. The number of aromatic amines is 1. The van der Waals surface area contributed by atoms with Crippen molar-refractivity contribution in [3.05, 3.63) is 76.3 Å². The van der Waals surface area contributed by atoms with Crippen LogP contribution in [0.4, 0.5) is 0 Å². The maximum absolute atomic E-state index is 11.3. The van der Waals surface area contributed by atoms with Crippen molar-refractivity contribution < 1.29 is 14.3 Å². The summed E-state index contributed by atoms with van der Waals surface area (Å²) in [6.45, 7) is 1.98. The van der Waals surface area contributed by atoms with E-state index in [2.05, 4.69) is 16.0 Å². The fourth-order valence-corrected chi connectivity index (χ4v) is 3.17. The van der Waals surface area contributed by atoms with Crippen LogP contribution in [0.15, 0.2) is 52.9 Å². The molecule has 2 aromatic heterocycles. The average Bonchev–Trinajstić information content (AvgIpc) is 3.32. The van der Waals surface area contributed by atoms with E-state index >= 15 is 0 Å². The van der Waals surface area contributed by atoms with Crippen LogP contribution in [0, 0.1) is 18.3 Å². The van der Waals surface area contributed by atoms with E-state index in [1.165, 1.54) is 12.1 Å². The Morgan fingerprint density at radius 3 is 2.83 bits per heavy atom. The van der Waals surface area contributed by atoms with E-state index in [1.807, 2.05) is 25.1 Å².